The van der Waals surface area contributed by atoms with Crippen molar-refractivity contribution in [3.8, 4) is 0 Å². The molecule has 2 fully saturated rings. The van der Waals surface area contributed by atoms with E-state index in [0.29, 0.717) is 18.2 Å². The first-order valence-corrected chi connectivity index (χ1v) is 7.35. The van der Waals surface area contributed by atoms with Gasteiger partial charge in [0.1, 0.15) is 0 Å². The van der Waals surface area contributed by atoms with Crippen LogP contribution < -0.4 is 5.32 Å². The molecule has 1 saturated heterocycles. The first-order chi connectivity index (χ1) is 8.29. The molecule has 1 heterocycles. The summed E-state index contributed by atoms with van der Waals surface area (Å²) in [4.78, 5) is 0. The molecule has 3 nitrogen and oxygen atoms in total. The summed E-state index contributed by atoms with van der Waals surface area (Å²) in [5.41, 5.74) is 0. The summed E-state index contributed by atoms with van der Waals surface area (Å²) in [5, 5.41) is 13.8. The lowest BCUT2D eigenvalue weighted by molar-refractivity contribution is -0.00678. The van der Waals surface area contributed by atoms with Crippen molar-refractivity contribution in [3.05, 3.63) is 0 Å². The maximum Gasteiger partial charge on any atom is 0.0693 e. The van der Waals surface area contributed by atoms with Gasteiger partial charge in [-0.1, -0.05) is 26.2 Å². The Kier molecular flexibility index (Phi) is 5.26. The highest BCUT2D eigenvalue weighted by Gasteiger charge is 2.27. The smallest absolute Gasteiger partial charge is 0.0693 e. The molecule has 0 bridgehead atoms. The van der Waals surface area contributed by atoms with E-state index in [0.717, 1.165) is 38.7 Å². The number of ether oxygens (including phenoxy) is 1. The summed E-state index contributed by atoms with van der Waals surface area (Å²) in [5.74, 6) is 0. The Bertz CT molecular complexity index is 222. The van der Waals surface area contributed by atoms with Gasteiger partial charge in [-0.05, 0) is 32.1 Å². The van der Waals surface area contributed by atoms with E-state index < -0.39 is 0 Å². The number of rotatable bonds is 3. The van der Waals surface area contributed by atoms with Crippen LogP contribution in [0.1, 0.15) is 58.3 Å². The van der Waals surface area contributed by atoms with Gasteiger partial charge in [-0.15, -0.1) is 0 Å². The van der Waals surface area contributed by atoms with Crippen LogP contribution in [0, 0.1) is 0 Å². The Morgan fingerprint density at radius 2 is 2.00 bits per heavy atom. The van der Waals surface area contributed by atoms with E-state index in [1.165, 1.54) is 19.3 Å². The average molecular weight is 241 g/mol. The predicted molar refractivity (Wildman–Crippen MR) is 69.1 cm³/mol. The summed E-state index contributed by atoms with van der Waals surface area (Å²) in [6.45, 7) is 3.06. The minimum Gasteiger partial charge on any atom is -0.392 e. The molecule has 17 heavy (non-hydrogen) atoms. The van der Waals surface area contributed by atoms with Crippen molar-refractivity contribution in [2.24, 2.45) is 0 Å². The summed E-state index contributed by atoms with van der Waals surface area (Å²) in [6.07, 6.45) is 9.42. The minimum atomic E-state index is -0.138. The van der Waals surface area contributed by atoms with Gasteiger partial charge in [-0.25, -0.2) is 0 Å². The summed E-state index contributed by atoms with van der Waals surface area (Å²) in [7, 11) is 0. The highest BCUT2D eigenvalue weighted by molar-refractivity contribution is 4.85. The molecule has 1 aliphatic heterocycles. The molecule has 3 heteroatoms. The van der Waals surface area contributed by atoms with E-state index in [1.54, 1.807) is 0 Å². The third-order valence-corrected chi connectivity index (χ3v) is 4.25. The highest BCUT2D eigenvalue weighted by atomic mass is 16.5. The van der Waals surface area contributed by atoms with Gasteiger partial charge in [0, 0.05) is 18.7 Å². The topological polar surface area (TPSA) is 41.5 Å². The van der Waals surface area contributed by atoms with Crippen molar-refractivity contribution in [2.75, 3.05) is 6.61 Å². The number of aliphatic hydroxyl groups excluding tert-OH is 1. The van der Waals surface area contributed by atoms with Gasteiger partial charge in [-0.2, -0.15) is 0 Å². The molecular formula is C14H27NO2. The molecule has 2 rings (SSSR count). The first kappa shape index (κ1) is 13.3. The lowest BCUT2D eigenvalue weighted by Crippen LogP contribution is -2.48. The molecule has 2 N–H and O–H groups in total. The predicted octanol–water partition coefficient (Wildman–Crippen LogP) is 2.23. The van der Waals surface area contributed by atoms with Gasteiger partial charge >= 0.3 is 0 Å². The minimum absolute atomic E-state index is 0.138. The van der Waals surface area contributed by atoms with Crippen LogP contribution in [0.2, 0.25) is 0 Å². The second kappa shape index (κ2) is 6.72. The number of aliphatic hydroxyl groups is 1. The van der Waals surface area contributed by atoms with Gasteiger partial charge in [0.2, 0.25) is 0 Å². The van der Waals surface area contributed by atoms with E-state index in [-0.39, 0.29) is 6.10 Å². The third kappa shape index (κ3) is 3.94. The molecule has 0 spiro atoms. The Morgan fingerprint density at radius 1 is 1.18 bits per heavy atom. The Balaban J connectivity index is 1.81. The fourth-order valence-electron chi connectivity index (χ4n) is 3.10. The normalized spacial score (nSPS) is 39.9. The molecule has 4 atom stereocenters. The quantitative estimate of drug-likeness (QED) is 0.745. The summed E-state index contributed by atoms with van der Waals surface area (Å²) >= 11 is 0. The zero-order valence-corrected chi connectivity index (χ0v) is 11.0. The van der Waals surface area contributed by atoms with Crippen LogP contribution in [0.25, 0.3) is 0 Å². The largest absolute Gasteiger partial charge is 0.392 e. The maximum atomic E-state index is 10.1. The van der Waals surface area contributed by atoms with Gasteiger partial charge in [0.05, 0.1) is 12.2 Å². The molecule has 1 saturated carbocycles. The second-order valence-electron chi connectivity index (χ2n) is 5.60. The summed E-state index contributed by atoms with van der Waals surface area (Å²) < 4.78 is 5.70. The molecule has 0 aromatic rings. The van der Waals surface area contributed by atoms with E-state index >= 15 is 0 Å². The monoisotopic (exact) mass is 241 g/mol. The molecular weight excluding hydrogens is 214 g/mol. The average Bonchev–Trinajstić information content (AvgIpc) is 2.55. The second-order valence-corrected chi connectivity index (χ2v) is 5.60. The van der Waals surface area contributed by atoms with E-state index in [1.807, 2.05) is 0 Å². The van der Waals surface area contributed by atoms with E-state index in [2.05, 4.69) is 12.2 Å². The van der Waals surface area contributed by atoms with Gasteiger partial charge < -0.3 is 15.2 Å². The van der Waals surface area contributed by atoms with Gasteiger partial charge in [-0.3, -0.25) is 0 Å². The maximum absolute atomic E-state index is 10.1. The van der Waals surface area contributed by atoms with Crippen molar-refractivity contribution < 1.29 is 9.84 Å². The van der Waals surface area contributed by atoms with Crippen LogP contribution >= 0.6 is 0 Å². The molecule has 4 unspecified atom stereocenters. The Labute approximate surface area is 105 Å². The number of hydrogen-bond acceptors (Lipinski definition) is 3. The number of hydrogen-bond donors (Lipinski definition) is 2. The molecule has 100 valence electrons. The summed E-state index contributed by atoms with van der Waals surface area (Å²) in [6, 6.07) is 0.865. The van der Waals surface area contributed by atoms with E-state index in [4.69, 9.17) is 4.74 Å². The van der Waals surface area contributed by atoms with Crippen molar-refractivity contribution in [1.29, 1.82) is 0 Å². The molecule has 0 aromatic carbocycles. The highest BCUT2D eigenvalue weighted by Crippen LogP contribution is 2.22. The Hall–Kier alpha value is -0.120. The van der Waals surface area contributed by atoms with Crippen molar-refractivity contribution in [2.45, 2.75) is 82.6 Å². The van der Waals surface area contributed by atoms with Crippen molar-refractivity contribution >= 4 is 0 Å². The van der Waals surface area contributed by atoms with Gasteiger partial charge in [0.25, 0.3) is 0 Å². The van der Waals surface area contributed by atoms with Crippen LogP contribution in [-0.4, -0.2) is 36.0 Å². The van der Waals surface area contributed by atoms with Crippen LogP contribution in [0.5, 0.6) is 0 Å². The number of nitrogens with one attached hydrogen (secondary N) is 1. The zero-order chi connectivity index (χ0) is 12.1. The standard InChI is InChI=1S/C14H27NO2/c1-2-12-10-11(8-9-17-12)15-13-6-4-3-5-7-14(13)16/h11-16H,2-10H2,1H3. The third-order valence-electron chi connectivity index (χ3n) is 4.25. The molecule has 1 aliphatic carbocycles. The molecule has 0 aromatic heterocycles. The van der Waals surface area contributed by atoms with Crippen LogP contribution in [0.4, 0.5) is 0 Å². The van der Waals surface area contributed by atoms with Crippen molar-refractivity contribution in [3.63, 3.8) is 0 Å². The van der Waals surface area contributed by atoms with Crippen LogP contribution in [0.15, 0.2) is 0 Å². The van der Waals surface area contributed by atoms with Crippen LogP contribution in [0.3, 0.4) is 0 Å². The lowest BCUT2D eigenvalue weighted by atomic mass is 9.98. The Morgan fingerprint density at radius 3 is 2.82 bits per heavy atom. The molecule has 2 aliphatic rings. The van der Waals surface area contributed by atoms with Gasteiger partial charge in [0.15, 0.2) is 0 Å². The molecule has 0 amide bonds. The fraction of sp³-hybridized carbons (Fsp3) is 1.00. The fourth-order valence-corrected chi connectivity index (χ4v) is 3.10. The van der Waals surface area contributed by atoms with Crippen molar-refractivity contribution in [1.82, 2.24) is 5.32 Å². The lowest BCUT2D eigenvalue weighted by Gasteiger charge is -2.33. The first-order valence-electron chi connectivity index (χ1n) is 7.35. The SMILES string of the molecule is CCC1CC(NC2CCCCCC2O)CCO1. The molecule has 0 radical (unpaired) electrons. The van der Waals surface area contributed by atoms with E-state index in [9.17, 15) is 5.11 Å². The zero-order valence-electron chi connectivity index (χ0n) is 11.0. The van der Waals surface area contributed by atoms with Crippen LogP contribution in [-0.2, 0) is 4.74 Å².